The van der Waals surface area contributed by atoms with E-state index in [0.29, 0.717) is 24.2 Å². The lowest BCUT2D eigenvalue weighted by Crippen LogP contribution is -2.41. The van der Waals surface area contributed by atoms with Gasteiger partial charge in [-0.3, -0.25) is 9.59 Å². The van der Waals surface area contributed by atoms with E-state index >= 15 is 0 Å². The minimum absolute atomic E-state index is 0.0708. The zero-order valence-corrected chi connectivity index (χ0v) is 14.5. The smallest absolute Gasteiger partial charge is 0.270 e. The Kier molecular flexibility index (Phi) is 5.78. The van der Waals surface area contributed by atoms with Crippen LogP contribution in [0.5, 0.6) is 0 Å². The van der Waals surface area contributed by atoms with Crippen LogP contribution in [0.1, 0.15) is 18.5 Å². The van der Waals surface area contributed by atoms with Crippen molar-refractivity contribution in [3.63, 3.8) is 0 Å². The van der Waals surface area contributed by atoms with Gasteiger partial charge in [-0.15, -0.1) is 0 Å². The van der Waals surface area contributed by atoms with Crippen LogP contribution in [-0.2, 0) is 16.0 Å². The third-order valence-corrected chi connectivity index (χ3v) is 4.39. The van der Waals surface area contributed by atoms with Crippen molar-refractivity contribution >= 4 is 16.9 Å². The fraction of sp³-hybridized carbons (Fsp3) is 0.500. The summed E-state index contributed by atoms with van der Waals surface area (Å²) in [5.41, 5.74) is 1.60. The van der Waals surface area contributed by atoms with E-state index in [2.05, 4.69) is 27.2 Å². The first-order valence-corrected chi connectivity index (χ1v) is 8.66. The average molecular weight is 344 g/mol. The van der Waals surface area contributed by atoms with Gasteiger partial charge >= 0.3 is 0 Å². The zero-order valence-electron chi connectivity index (χ0n) is 14.5. The van der Waals surface area contributed by atoms with Gasteiger partial charge in [0.05, 0.1) is 23.7 Å². The Bertz CT molecular complexity index is 789. The third-order valence-electron chi connectivity index (χ3n) is 4.39. The molecule has 0 aliphatic carbocycles. The van der Waals surface area contributed by atoms with Gasteiger partial charge in [0.1, 0.15) is 5.69 Å². The van der Waals surface area contributed by atoms with Crippen molar-refractivity contribution < 1.29 is 9.53 Å². The standard InChI is InChI=1S/C18H24N4O3/c1-22-10-11-25-13(12-22)8-9-19-17(23)7-6-16-18(24)21-15-5-3-2-4-14(15)20-16/h2-5,13H,6-12H2,1H3,(H,19,23)(H,21,24). The summed E-state index contributed by atoms with van der Waals surface area (Å²) in [6, 6.07) is 7.37. The zero-order chi connectivity index (χ0) is 17.6. The predicted octanol–water partition coefficient (Wildman–Crippen LogP) is 0.693. The van der Waals surface area contributed by atoms with Crippen LogP contribution in [0.15, 0.2) is 29.1 Å². The van der Waals surface area contributed by atoms with Crippen LogP contribution in [0.4, 0.5) is 0 Å². The molecule has 1 fully saturated rings. The molecule has 7 nitrogen and oxygen atoms in total. The molecule has 134 valence electrons. The van der Waals surface area contributed by atoms with Crippen LogP contribution in [0.2, 0.25) is 0 Å². The highest BCUT2D eigenvalue weighted by Crippen LogP contribution is 2.07. The van der Waals surface area contributed by atoms with E-state index in [1.54, 1.807) is 0 Å². The van der Waals surface area contributed by atoms with Crippen LogP contribution < -0.4 is 10.9 Å². The number of aryl methyl sites for hydroxylation is 1. The molecule has 1 aromatic carbocycles. The van der Waals surface area contributed by atoms with Gasteiger partial charge in [-0.25, -0.2) is 4.98 Å². The molecule has 2 aromatic rings. The molecule has 2 heterocycles. The molecule has 0 bridgehead atoms. The summed E-state index contributed by atoms with van der Waals surface area (Å²) in [4.78, 5) is 33.4. The summed E-state index contributed by atoms with van der Waals surface area (Å²) in [5.74, 6) is -0.0708. The van der Waals surface area contributed by atoms with E-state index in [1.165, 1.54) is 0 Å². The first-order chi connectivity index (χ1) is 12.1. The topological polar surface area (TPSA) is 87.3 Å². The van der Waals surface area contributed by atoms with Gasteiger partial charge in [-0.1, -0.05) is 12.1 Å². The molecule has 1 unspecified atom stereocenters. The summed E-state index contributed by atoms with van der Waals surface area (Å²) in [6.07, 6.45) is 1.54. The number of para-hydroxylation sites is 2. The Morgan fingerprint density at radius 3 is 3.12 bits per heavy atom. The predicted molar refractivity (Wildman–Crippen MR) is 95.5 cm³/mol. The van der Waals surface area contributed by atoms with Crippen molar-refractivity contribution in [2.75, 3.05) is 33.3 Å². The maximum absolute atomic E-state index is 12.0. The first-order valence-electron chi connectivity index (χ1n) is 8.66. The summed E-state index contributed by atoms with van der Waals surface area (Å²) >= 11 is 0. The average Bonchev–Trinajstić information content (AvgIpc) is 2.60. The van der Waals surface area contributed by atoms with Crippen LogP contribution in [0, 0.1) is 0 Å². The molecule has 7 heteroatoms. The second-order valence-corrected chi connectivity index (χ2v) is 6.42. The monoisotopic (exact) mass is 344 g/mol. The number of ether oxygens (including phenoxy) is 1. The van der Waals surface area contributed by atoms with Crippen LogP contribution in [0.3, 0.4) is 0 Å². The number of carbonyl (C=O) groups is 1. The summed E-state index contributed by atoms with van der Waals surface area (Å²) in [7, 11) is 2.07. The van der Waals surface area contributed by atoms with E-state index in [4.69, 9.17) is 4.74 Å². The second kappa shape index (κ2) is 8.22. The number of rotatable bonds is 6. The summed E-state index contributed by atoms with van der Waals surface area (Å²) in [5, 5.41) is 2.89. The Morgan fingerprint density at radius 1 is 1.44 bits per heavy atom. The van der Waals surface area contributed by atoms with Gasteiger partial charge in [-0.2, -0.15) is 0 Å². The number of carbonyl (C=O) groups excluding carboxylic acids is 1. The molecule has 3 rings (SSSR count). The lowest BCUT2D eigenvalue weighted by molar-refractivity contribution is -0.121. The Hall–Kier alpha value is -2.25. The number of hydrogen-bond donors (Lipinski definition) is 2. The van der Waals surface area contributed by atoms with Gasteiger partial charge in [0.15, 0.2) is 0 Å². The fourth-order valence-corrected chi connectivity index (χ4v) is 2.97. The lowest BCUT2D eigenvalue weighted by atomic mass is 10.2. The van der Waals surface area contributed by atoms with Crippen molar-refractivity contribution in [3.8, 4) is 0 Å². The van der Waals surface area contributed by atoms with Gasteiger partial charge in [0.2, 0.25) is 5.91 Å². The van der Waals surface area contributed by atoms with Crippen molar-refractivity contribution in [1.29, 1.82) is 0 Å². The number of amides is 1. The van der Waals surface area contributed by atoms with E-state index in [0.717, 1.165) is 31.6 Å². The molecule has 0 saturated carbocycles. The molecule has 1 saturated heterocycles. The summed E-state index contributed by atoms with van der Waals surface area (Å²) in [6.45, 7) is 3.17. The number of aromatic amines is 1. The number of nitrogens with zero attached hydrogens (tertiary/aromatic N) is 2. The van der Waals surface area contributed by atoms with Crippen molar-refractivity contribution in [2.45, 2.75) is 25.4 Å². The van der Waals surface area contributed by atoms with Crippen LogP contribution in [0.25, 0.3) is 11.0 Å². The van der Waals surface area contributed by atoms with Gasteiger partial charge < -0.3 is 19.9 Å². The summed E-state index contributed by atoms with van der Waals surface area (Å²) < 4.78 is 5.67. The molecular weight excluding hydrogens is 320 g/mol. The minimum atomic E-state index is -0.231. The van der Waals surface area contributed by atoms with E-state index < -0.39 is 0 Å². The molecule has 1 aliphatic heterocycles. The molecule has 1 aromatic heterocycles. The Labute approximate surface area is 146 Å². The lowest BCUT2D eigenvalue weighted by Gasteiger charge is -2.30. The first kappa shape index (κ1) is 17.6. The van der Waals surface area contributed by atoms with Crippen molar-refractivity contribution in [2.24, 2.45) is 0 Å². The van der Waals surface area contributed by atoms with Gasteiger partial charge in [0, 0.05) is 32.5 Å². The third kappa shape index (κ3) is 4.87. The molecule has 1 atom stereocenters. The highest BCUT2D eigenvalue weighted by molar-refractivity contribution is 5.76. The number of aromatic nitrogens is 2. The second-order valence-electron chi connectivity index (χ2n) is 6.42. The molecule has 1 amide bonds. The highest BCUT2D eigenvalue weighted by Gasteiger charge is 2.17. The van der Waals surface area contributed by atoms with Crippen molar-refractivity contribution in [3.05, 3.63) is 40.3 Å². The normalized spacial score (nSPS) is 18.4. The number of likely N-dealkylation sites (N-methyl/N-ethyl adjacent to an activating group) is 1. The fourth-order valence-electron chi connectivity index (χ4n) is 2.97. The molecule has 1 aliphatic rings. The number of H-pyrrole nitrogens is 1. The van der Waals surface area contributed by atoms with Gasteiger partial charge in [0.25, 0.3) is 5.56 Å². The number of hydrogen-bond acceptors (Lipinski definition) is 5. The number of benzene rings is 1. The van der Waals surface area contributed by atoms with Crippen molar-refractivity contribution in [1.82, 2.24) is 20.2 Å². The van der Waals surface area contributed by atoms with Crippen LogP contribution in [-0.4, -0.2) is 60.2 Å². The molecule has 0 spiro atoms. The Balaban J connectivity index is 1.46. The minimum Gasteiger partial charge on any atom is -0.375 e. The number of nitrogens with one attached hydrogen (secondary N) is 2. The highest BCUT2D eigenvalue weighted by atomic mass is 16.5. The molecule has 25 heavy (non-hydrogen) atoms. The van der Waals surface area contributed by atoms with E-state index in [-0.39, 0.29) is 24.0 Å². The maximum Gasteiger partial charge on any atom is 0.270 e. The van der Waals surface area contributed by atoms with Crippen LogP contribution >= 0.6 is 0 Å². The maximum atomic E-state index is 12.0. The molecule has 2 N–H and O–H groups in total. The molecular formula is C18H24N4O3. The number of morpholine rings is 1. The van der Waals surface area contributed by atoms with Gasteiger partial charge in [-0.05, 0) is 25.6 Å². The van der Waals surface area contributed by atoms with E-state index in [1.807, 2.05) is 24.3 Å². The SMILES string of the molecule is CN1CCOC(CCNC(=O)CCc2nc3ccccc3[nH]c2=O)C1. The van der Waals surface area contributed by atoms with E-state index in [9.17, 15) is 9.59 Å². The molecule has 0 radical (unpaired) electrons. The number of fused-ring (bicyclic) bond motifs is 1. The quantitative estimate of drug-likeness (QED) is 0.805. The Morgan fingerprint density at radius 2 is 2.28 bits per heavy atom. The largest absolute Gasteiger partial charge is 0.375 e.